The molecule has 0 spiro atoms. The molecule has 0 aliphatic carbocycles. The Bertz CT molecular complexity index is 2050. The first-order valence-corrected chi connectivity index (χ1v) is 13.8. The van der Waals surface area contributed by atoms with Crippen LogP contribution in [0.3, 0.4) is 0 Å². The van der Waals surface area contributed by atoms with Gasteiger partial charge in [0.25, 0.3) is 5.91 Å². The average Bonchev–Trinajstić information content (AvgIpc) is 3.34. The zero-order chi connectivity index (χ0) is 29.5. The van der Waals surface area contributed by atoms with Crippen LogP contribution in [0.25, 0.3) is 38.6 Å². The van der Waals surface area contributed by atoms with Crippen LogP contribution in [0.4, 0.5) is 5.69 Å². The molecule has 0 atom stereocenters. The van der Waals surface area contributed by atoms with E-state index >= 15 is 0 Å². The molecule has 5 aromatic carbocycles. The molecule has 0 aliphatic rings. The third kappa shape index (κ3) is 4.25. The highest BCUT2D eigenvalue weighted by atomic mass is 16.2. The maximum atomic E-state index is 14.4. The quantitative estimate of drug-likeness (QED) is 0.204. The van der Waals surface area contributed by atoms with Crippen molar-refractivity contribution < 1.29 is 9.59 Å². The number of rotatable bonds is 5. The monoisotopic (exact) mass is 547 g/mol. The summed E-state index contributed by atoms with van der Waals surface area (Å²) in [5, 5.41) is 11.4. The molecule has 0 aliphatic heterocycles. The molecule has 0 saturated heterocycles. The lowest BCUT2D eigenvalue weighted by molar-refractivity contribution is 0.0986. The highest BCUT2D eigenvalue weighted by molar-refractivity contribution is 6.18. The molecule has 5 nitrogen and oxygen atoms in total. The molecule has 0 unspecified atom stereocenters. The topological polar surface area (TPSA) is 66.1 Å². The van der Waals surface area contributed by atoms with Crippen LogP contribution in [0.5, 0.6) is 0 Å². The van der Waals surface area contributed by atoms with Crippen molar-refractivity contribution in [2.45, 2.75) is 20.8 Å². The number of carbonyl (C=O) groups excluding carboxylic acids is 2. The molecule has 6 rings (SSSR count). The third-order valence-electron chi connectivity index (χ3n) is 7.95. The van der Waals surface area contributed by atoms with E-state index in [9.17, 15) is 14.9 Å². The number of carbonyl (C=O) groups is 2. The predicted molar refractivity (Wildman–Crippen MR) is 170 cm³/mol. The normalized spacial score (nSPS) is 11.0. The number of amides is 1. The van der Waals surface area contributed by atoms with E-state index in [-0.39, 0.29) is 5.91 Å². The molecule has 0 fully saturated rings. The second kappa shape index (κ2) is 10.5. The molecule has 0 N–H and O–H groups in total. The Morgan fingerprint density at radius 1 is 0.833 bits per heavy atom. The number of anilines is 1. The van der Waals surface area contributed by atoms with E-state index < -0.39 is 0 Å². The summed E-state index contributed by atoms with van der Waals surface area (Å²) in [6.07, 6.45) is 0.759. The molecule has 0 bridgehead atoms. The van der Waals surface area contributed by atoms with Crippen LogP contribution in [0.1, 0.15) is 43.0 Å². The Morgan fingerprint density at radius 2 is 1.50 bits per heavy atom. The fraction of sp³-hybridized carbons (Fsp3) is 0.108. The minimum absolute atomic E-state index is 0.253. The Balaban J connectivity index is 1.63. The molecule has 6 aromatic rings. The maximum absolute atomic E-state index is 14.4. The molecular formula is C37H29N3O2. The van der Waals surface area contributed by atoms with E-state index in [1.807, 2.05) is 87.5 Å². The molecule has 1 aromatic heterocycles. The fourth-order valence-electron chi connectivity index (χ4n) is 6.29. The van der Waals surface area contributed by atoms with Crippen molar-refractivity contribution in [3.8, 4) is 22.9 Å². The summed E-state index contributed by atoms with van der Waals surface area (Å²) in [6.45, 7) is 6.05. The van der Waals surface area contributed by atoms with Crippen LogP contribution >= 0.6 is 0 Å². The van der Waals surface area contributed by atoms with Gasteiger partial charge in [-0.25, -0.2) is 0 Å². The van der Waals surface area contributed by atoms with E-state index in [0.29, 0.717) is 22.4 Å². The summed E-state index contributed by atoms with van der Waals surface area (Å²) in [5.74, 6) is -0.253. The Kier molecular flexibility index (Phi) is 6.68. The summed E-state index contributed by atoms with van der Waals surface area (Å²) >= 11 is 0. The van der Waals surface area contributed by atoms with Crippen LogP contribution in [0.2, 0.25) is 0 Å². The minimum atomic E-state index is -0.253. The third-order valence-corrected chi connectivity index (χ3v) is 7.95. The summed E-state index contributed by atoms with van der Waals surface area (Å²) in [7, 11) is 1.77. The number of para-hydroxylation sites is 1. The first-order chi connectivity index (χ1) is 20.3. The number of benzene rings is 5. The number of hydrogen-bond donors (Lipinski definition) is 0. The van der Waals surface area contributed by atoms with Gasteiger partial charge >= 0.3 is 0 Å². The molecule has 0 saturated carbocycles. The number of aryl methyl sites for hydroxylation is 3. The first kappa shape index (κ1) is 26.7. The molecular weight excluding hydrogens is 518 g/mol. The van der Waals surface area contributed by atoms with Crippen molar-refractivity contribution in [3.05, 3.63) is 130 Å². The number of aromatic nitrogens is 1. The predicted octanol–water partition coefficient (Wildman–Crippen LogP) is 8.34. The SMILES string of the molecule is Cc1cc(C)c(N(C)C(=O)c2c(C=O)cccc2-n2c3ccccc3c3c(-c4ccc(C#N)cc4)cccc32)c(C)c1. The van der Waals surface area contributed by atoms with Crippen molar-refractivity contribution in [1.82, 2.24) is 4.57 Å². The van der Waals surface area contributed by atoms with Gasteiger partial charge in [-0.15, -0.1) is 0 Å². The van der Waals surface area contributed by atoms with Gasteiger partial charge in [0.15, 0.2) is 6.29 Å². The van der Waals surface area contributed by atoms with Crippen LogP contribution in [-0.2, 0) is 0 Å². The molecule has 0 radical (unpaired) electrons. The van der Waals surface area contributed by atoms with Gasteiger partial charge in [0.05, 0.1) is 33.9 Å². The minimum Gasteiger partial charge on any atom is -0.311 e. The number of nitriles is 1. The largest absolute Gasteiger partial charge is 0.311 e. The Morgan fingerprint density at radius 3 is 2.19 bits per heavy atom. The Labute approximate surface area is 244 Å². The van der Waals surface area contributed by atoms with Gasteiger partial charge in [-0.05, 0) is 73.4 Å². The van der Waals surface area contributed by atoms with Gasteiger partial charge in [-0.2, -0.15) is 5.26 Å². The molecule has 42 heavy (non-hydrogen) atoms. The van der Waals surface area contributed by atoms with E-state index in [2.05, 4.69) is 34.9 Å². The van der Waals surface area contributed by atoms with Gasteiger partial charge in [-0.3, -0.25) is 9.59 Å². The zero-order valence-corrected chi connectivity index (χ0v) is 24.0. The number of fused-ring (bicyclic) bond motifs is 3. The smallest absolute Gasteiger partial charge is 0.260 e. The van der Waals surface area contributed by atoms with Gasteiger partial charge in [0, 0.05) is 29.1 Å². The van der Waals surface area contributed by atoms with Crippen molar-refractivity contribution >= 4 is 39.7 Å². The lowest BCUT2D eigenvalue weighted by Crippen LogP contribution is -2.30. The second-order valence-corrected chi connectivity index (χ2v) is 10.7. The van der Waals surface area contributed by atoms with Crippen LogP contribution in [0.15, 0.2) is 97.1 Å². The van der Waals surface area contributed by atoms with Crippen LogP contribution in [0, 0.1) is 32.1 Å². The van der Waals surface area contributed by atoms with Crippen LogP contribution < -0.4 is 4.90 Å². The molecule has 204 valence electrons. The van der Waals surface area contributed by atoms with Gasteiger partial charge < -0.3 is 9.47 Å². The van der Waals surface area contributed by atoms with Gasteiger partial charge in [-0.1, -0.05) is 72.3 Å². The molecule has 1 heterocycles. The summed E-state index contributed by atoms with van der Waals surface area (Å²) < 4.78 is 2.08. The molecule has 5 heteroatoms. The van der Waals surface area contributed by atoms with Gasteiger partial charge in [0.2, 0.25) is 0 Å². The van der Waals surface area contributed by atoms with E-state index in [4.69, 9.17) is 0 Å². The number of aldehydes is 1. The lowest BCUT2D eigenvalue weighted by atomic mass is 9.98. The zero-order valence-electron chi connectivity index (χ0n) is 24.0. The number of nitrogens with zero attached hydrogens (tertiary/aromatic N) is 3. The molecule has 1 amide bonds. The highest BCUT2D eigenvalue weighted by Crippen LogP contribution is 2.40. The lowest BCUT2D eigenvalue weighted by Gasteiger charge is -2.25. The summed E-state index contributed by atoms with van der Waals surface area (Å²) in [5.41, 5.74) is 9.75. The van der Waals surface area contributed by atoms with E-state index in [1.165, 1.54) is 0 Å². The van der Waals surface area contributed by atoms with Crippen molar-refractivity contribution in [2.75, 3.05) is 11.9 Å². The summed E-state index contributed by atoms with van der Waals surface area (Å²) in [4.78, 5) is 28.4. The summed E-state index contributed by atoms with van der Waals surface area (Å²) in [6, 6.07) is 33.5. The Hall–Kier alpha value is -5.47. The van der Waals surface area contributed by atoms with E-state index in [1.54, 1.807) is 18.0 Å². The highest BCUT2D eigenvalue weighted by Gasteiger charge is 2.26. The number of hydrogen-bond acceptors (Lipinski definition) is 3. The van der Waals surface area contributed by atoms with E-state index in [0.717, 1.165) is 61.6 Å². The standard InChI is InChI=1S/C37H29N3O2/c1-23-19-24(2)36(25(3)20-23)39(4)37(42)34-28(22-41)9-7-13-32(34)40-31-12-6-5-10-30(31)35-29(11-8-14-33(35)40)27-17-15-26(21-38)16-18-27/h5-20,22H,1-4H3. The van der Waals surface area contributed by atoms with Crippen molar-refractivity contribution in [3.63, 3.8) is 0 Å². The average molecular weight is 548 g/mol. The first-order valence-electron chi connectivity index (χ1n) is 13.8. The van der Waals surface area contributed by atoms with Gasteiger partial charge in [0.1, 0.15) is 0 Å². The maximum Gasteiger partial charge on any atom is 0.260 e. The van der Waals surface area contributed by atoms with Crippen molar-refractivity contribution in [1.29, 1.82) is 5.26 Å². The van der Waals surface area contributed by atoms with Crippen LogP contribution in [-0.4, -0.2) is 23.8 Å². The second-order valence-electron chi connectivity index (χ2n) is 10.7. The fourth-order valence-corrected chi connectivity index (χ4v) is 6.29. The van der Waals surface area contributed by atoms with Crippen molar-refractivity contribution in [2.24, 2.45) is 0 Å².